The zero-order valence-electron chi connectivity index (χ0n) is 13.3. The molecule has 3 aromatic rings. The fourth-order valence-electron chi connectivity index (χ4n) is 2.19. The quantitative estimate of drug-likeness (QED) is 0.583. The van der Waals surface area contributed by atoms with Gasteiger partial charge < -0.3 is 24.8 Å². The number of rotatable bonds is 7. The molecule has 0 saturated carbocycles. The Balaban J connectivity index is 1.61. The van der Waals surface area contributed by atoms with Gasteiger partial charge in [-0.1, -0.05) is 11.2 Å². The Morgan fingerprint density at radius 2 is 2.08 bits per heavy atom. The molecule has 25 heavy (non-hydrogen) atoms. The Hall–Kier alpha value is -2.97. The number of fused-ring (bicyclic) bond motifs is 1. The Labute approximate surface area is 143 Å². The van der Waals surface area contributed by atoms with Crippen LogP contribution in [0.4, 0.5) is 0 Å². The van der Waals surface area contributed by atoms with Crippen molar-refractivity contribution in [2.75, 3.05) is 13.2 Å². The molecule has 0 aliphatic heterocycles. The van der Waals surface area contributed by atoms with Gasteiger partial charge in [0.15, 0.2) is 11.5 Å². The number of nitrogens with zero attached hydrogens (tertiary/aromatic N) is 2. The number of aliphatic hydroxyl groups is 2. The van der Waals surface area contributed by atoms with E-state index in [4.69, 9.17) is 19.5 Å². The zero-order chi connectivity index (χ0) is 17.6. The predicted octanol–water partition coefficient (Wildman–Crippen LogP) is 0.885. The van der Waals surface area contributed by atoms with Crippen molar-refractivity contribution in [3.05, 3.63) is 54.0 Å². The number of aromatic nitrogens is 2. The molecule has 8 nitrogen and oxygen atoms in total. The average molecular weight is 343 g/mol. The van der Waals surface area contributed by atoms with Crippen LogP contribution in [0.5, 0.6) is 5.75 Å². The highest BCUT2D eigenvalue weighted by Gasteiger charge is 2.16. The first-order valence-corrected chi connectivity index (χ1v) is 7.65. The molecule has 0 aliphatic carbocycles. The fourth-order valence-corrected chi connectivity index (χ4v) is 2.19. The summed E-state index contributed by atoms with van der Waals surface area (Å²) in [6.07, 6.45) is 1.72. The van der Waals surface area contributed by atoms with E-state index in [0.717, 1.165) is 10.9 Å². The largest absolute Gasteiger partial charge is 0.486 e. The number of nitrogens with one attached hydrogen (secondary N) is 1. The van der Waals surface area contributed by atoms with Crippen molar-refractivity contribution in [1.82, 2.24) is 15.5 Å². The SMILES string of the molecule is O=C(NC(CO)CO)c1cc(COc2ccc3ncccc3c2)on1. The van der Waals surface area contributed by atoms with E-state index in [1.807, 2.05) is 24.3 Å². The van der Waals surface area contributed by atoms with Gasteiger partial charge in [0.2, 0.25) is 0 Å². The first kappa shape index (κ1) is 16.9. The van der Waals surface area contributed by atoms with Gasteiger partial charge in [-0.3, -0.25) is 9.78 Å². The maximum atomic E-state index is 11.9. The smallest absolute Gasteiger partial charge is 0.273 e. The monoisotopic (exact) mass is 343 g/mol. The van der Waals surface area contributed by atoms with E-state index in [9.17, 15) is 4.79 Å². The molecule has 0 radical (unpaired) electrons. The Morgan fingerprint density at radius 3 is 2.88 bits per heavy atom. The lowest BCUT2D eigenvalue weighted by atomic mass is 10.2. The van der Waals surface area contributed by atoms with E-state index >= 15 is 0 Å². The molecule has 0 atom stereocenters. The zero-order valence-corrected chi connectivity index (χ0v) is 13.3. The minimum absolute atomic E-state index is 0.0493. The van der Waals surface area contributed by atoms with Crippen molar-refractivity contribution in [3.8, 4) is 5.75 Å². The molecule has 1 aromatic carbocycles. The first-order valence-electron chi connectivity index (χ1n) is 7.65. The number of pyridine rings is 1. The topological polar surface area (TPSA) is 118 Å². The highest BCUT2D eigenvalue weighted by Crippen LogP contribution is 2.20. The van der Waals surface area contributed by atoms with Gasteiger partial charge in [0.1, 0.15) is 12.4 Å². The number of carbonyl (C=O) groups excluding carboxylic acids is 1. The molecule has 8 heteroatoms. The maximum Gasteiger partial charge on any atom is 0.273 e. The van der Waals surface area contributed by atoms with Gasteiger partial charge in [-0.05, 0) is 24.3 Å². The van der Waals surface area contributed by atoms with Gasteiger partial charge in [-0.25, -0.2) is 0 Å². The van der Waals surface area contributed by atoms with Gasteiger partial charge in [-0.2, -0.15) is 0 Å². The van der Waals surface area contributed by atoms with Crippen LogP contribution in [0.2, 0.25) is 0 Å². The number of aliphatic hydroxyl groups excluding tert-OH is 2. The van der Waals surface area contributed by atoms with Crippen LogP contribution in [0.1, 0.15) is 16.2 Å². The van der Waals surface area contributed by atoms with Gasteiger partial charge in [0.05, 0.1) is 24.8 Å². The summed E-state index contributed by atoms with van der Waals surface area (Å²) in [5.41, 5.74) is 0.920. The van der Waals surface area contributed by atoms with Gasteiger partial charge in [-0.15, -0.1) is 0 Å². The number of ether oxygens (including phenoxy) is 1. The van der Waals surface area contributed by atoms with Crippen molar-refractivity contribution in [1.29, 1.82) is 0 Å². The van der Waals surface area contributed by atoms with Crippen LogP contribution in [0.25, 0.3) is 10.9 Å². The summed E-state index contributed by atoms with van der Waals surface area (Å²) in [4.78, 5) is 16.1. The molecule has 0 aliphatic rings. The number of amides is 1. The van der Waals surface area contributed by atoms with Crippen LogP contribution in [-0.4, -0.2) is 45.5 Å². The third kappa shape index (κ3) is 4.11. The van der Waals surface area contributed by atoms with Gasteiger partial charge in [0, 0.05) is 17.6 Å². The van der Waals surface area contributed by atoms with Crippen molar-refractivity contribution in [2.45, 2.75) is 12.6 Å². The van der Waals surface area contributed by atoms with Crippen LogP contribution >= 0.6 is 0 Å². The van der Waals surface area contributed by atoms with E-state index in [1.54, 1.807) is 12.3 Å². The highest BCUT2D eigenvalue weighted by atomic mass is 16.5. The lowest BCUT2D eigenvalue weighted by molar-refractivity contribution is 0.0870. The summed E-state index contributed by atoms with van der Waals surface area (Å²) in [5.74, 6) is 0.476. The molecule has 0 fully saturated rings. The minimum atomic E-state index is -0.741. The van der Waals surface area contributed by atoms with Crippen LogP contribution in [0.15, 0.2) is 47.1 Å². The molecule has 2 aromatic heterocycles. The van der Waals surface area contributed by atoms with Crippen LogP contribution in [-0.2, 0) is 6.61 Å². The summed E-state index contributed by atoms with van der Waals surface area (Å²) in [5, 5.41) is 25.0. The molecule has 3 N–H and O–H groups in total. The molecule has 130 valence electrons. The van der Waals surface area contributed by atoms with Crippen molar-refractivity contribution in [2.24, 2.45) is 0 Å². The summed E-state index contributed by atoms with van der Waals surface area (Å²) >= 11 is 0. The molecule has 0 bridgehead atoms. The second-order valence-corrected chi connectivity index (χ2v) is 5.36. The standard InChI is InChI=1S/C17H17N3O5/c21-8-12(9-22)19-17(23)16-7-14(25-20-16)10-24-13-3-4-15-11(6-13)2-1-5-18-15/h1-7,12,21-22H,8-10H2,(H,19,23). The molecule has 0 unspecified atom stereocenters. The number of hydrogen-bond donors (Lipinski definition) is 3. The molecular weight excluding hydrogens is 326 g/mol. The Bertz CT molecular complexity index is 860. The summed E-state index contributed by atoms with van der Waals surface area (Å²) < 4.78 is 10.7. The second kappa shape index (κ2) is 7.73. The van der Waals surface area contributed by atoms with E-state index in [1.165, 1.54) is 6.07 Å². The molecule has 1 amide bonds. The van der Waals surface area contributed by atoms with Crippen LogP contribution < -0.4 is 10.1 Å². The summed E-state index contributed by atoms with van der Waals surface area (Å²) in [6.45, 7) is -0.630. The van der Waals surface area contributed by atoms with Crippen molar-refractivity contribution in [3.63, 3.8) is 0 Å². The van der Waals surface area contributed by atoms with Gasteiger partial charge >= 0.3 is 0 Å². The van der Waals surface area contributed by atoms with E-state index < -0.39 is 11.9 Å². The van der Waals surface area contributed by atoms with E-state index in [0.29, 0.717) is 11.5 Å². The van der Waals surface area contributed by atoms with Gasteiger partial charge in [0.25, 0.3) is 5.91 Å². The minimum Gasteiger partial charge on any atom is -0.486 e. The molecule has 0 saturated heterocycles. The Kier molecular flexibility index (Phi) is 5.22. The second-order valence-electron chi connectivity index (χ2n) is 5.36. The summed E-state index contributed by atoms with van der Waals surface area (Å²) in [6, 6.07) is 10.0. The average Bonchev–Trinajstić information content (AvgIpc) is 3.13. The first-order chi connectivity index (χ1) is 12.2. The molecular formula is C17H17N3O5. The Morgan fingerprint density at radius 1 is 1.24 bits per heavy atom. The molecule has 0 spiro atoms. The third-order valence-electron chi connectivity index (χ3n) is 3.52. The lowest BCUT2D eigenvalue weighted by Gasteiger charge is -2.11. The highest BCUT2D eigenvalue weighted by molar-refractivity contribution is 5.92. The van der Waals surface area contributed by atoms with Crippen LogP contribution in [0.3, 0.4) is 0 Å². The maximum absolute atomic E-state index is 11.9. The van der Waals surface area contributed by atoms with Crippen LogP contribution in [0, 0.1) is 0 Å². The van der Waals surface area contributed by atoms with Crippen molar-refractivity contribution < 1.29 is 24.3 Å². The molecule has 2 heterocycles. The number of benzene rings is 1. The number of hydrogen-bond acceptors (Lipinski definition) is 7. The molecule has 3 rings (SSSR count). The lowest BCUT2D eigenvalue weighted by Crippen LogP contribution is -2.40. The number of carbonyl (C=O) groups is 1. The van der Waals surface area contributed by atoms with E-state index in [2.05, 4.69) is 15.5 Å². The predicted molar refractivity (Wildman–Crippen MR) is 88.0 cm³/mol. The van der Waals surface area contributed by atoms with E-state index in [-0.39, 0.29) is 25.5 Å². The fraction of sp³-hybridized carbons (Fsp3) is 0.235. The third-order valence-corrected chi connectivity index (χ3v) is 3.52. The normalized spacial score (nSPS) is 11.0. The van der Waals surface area contributed by atoms with Crippen molar-refractivity contribution >= 4 is 16.8 Å². The summed E-state index contributed by atoms with van der Waals surface area (Å²) in [7, 11) is 0.